The minimum absolute atomic E-state index is 0. The van der Waals surface area contributed by atoms with Crippen LogP contribution in [0.15, 0.2) is 27.7 Å². The summed E-state index contributed by atoms with van der Waals surface area (Å²) in [7, 11) is 0. The summed E-state index contributed by atoms with van der Waals surface area (Å²) in [5, 5.41) is 10.3. The maximum absolute atomic E-state index is 6.00. The van der Waals surface area contributed by atoms with E-state index in [1.807, 2.05) is 6.92 Å². The van der Waals surface area contributed by atoms with E-state index in [4.69, 9.17) is 9.26 Å². The number of aliphatic imine (C=N–C) groups is 1. The summed E-state index contributed by atoms with van der Waals surface area (Å²) in [6.45, 7) is 10.6. The van der Waals surface area contributed by atoms with Crippen molar-refractivity contribution in [3.05, 3.63) is 41.0 Å². The molecule has 0 radical (unpaired) electrons. The van der Waals surface area contributed by atoms with E-state index in [1.165, 1.54) is 18.4 Å². The first-order valence-electron chi connectivity index (χ1n) is 9.66. The van der Waals surface area contributed by atoms with Crippen molar-refractivity contribution in [3.63, 3.8) is 0 Å². The zero-order chi connectivity index (χ0) is 19.5. The third-order valence-electron chi connectivity index (χ3n) is 3.96. The zero-order valence-electron chi connectivity index (χ0n) is 17.2. The first-order chi connectivity index (χ1) is 13.1. The zero-order valence-corrected chi connectivity index (χ0v) is 19.6. The first-order valence-corrected chi connectivity index (χ1v) is 9.66. The van der Waals surface area contributed by atoms with Crippen molar-refractivity contribution in [1.29, 1.82) is 0 Å². The number of benzene rings is 1. The molecule has 1 aromatic heterocycles. The van der Waals surface area contributed by atoms with Crippen LogP contribution < -0.4 is 15.4 Å². The molecule has 8 heteroatoms. The fourth-order valence-corrected chi connectivity index (χ4v) is 2.54. The maximum atomic E-state index is 6.00. The van der Waals surface area contributed by atoms with Crippen molar-refractivity contribution < 1.29 is 9.26 Å². The first kappa shape index (κ1) is 24.2. The molecule has 0 aliphatic heterocycles. The molecule has 0 aliphatic rings. The van der Waals surface area contributed by atoms with Crippen LogP contribution in [-0.2, 0) is 13.1 Å². The summed E-state index contributed by atoms with van der Waals surface area (Å²) in [4.78, 5) is 8.86. The number of hydrogen-bond acceptors (Lipinski definition) is 5. The highest BCUT2D eigenvalue weighted by Gasteiger charge is 2.07. The van der Waals surface area contributed by atoms with Gasteiger partial charge in [-0.15, -0.1) is 24.0 Å². The Morgan fingerprint density at radius 1 is 1.18 bits per heavy atom. The second kappa shape index (κ2) is 13.4. The normalized spacial score (nSPS) is 11.1. The Bertz CT molecular complexity index is 733. The fraction of sp³-hybridized carbons (Fsp3) is 0.550. The number of aromatic nitrogens is 2. The summed E-state index contributed by atoms with van der Waals surface area (Å²) < 4.78 is 11.0. The summed E-state index contributed by atoms with van der Waals surface area (Å²) in [5.74, 6) is 2.78. The fourth-order valence-electron chi connectivity index (χ4n) is 2.54. The molecule has 1 heterocycles. The third-order valence-corrected chi connectivity index (χ3v) is 3.96. The molecule has 0 aliphatic carbocycles. The van der Waals surface area contributed by atoms with E-state index in [1.54, 1.807) is 6.92 Å². The minimum Gasteiger partial charge on any atom is -0.493 e. The Labute approximate surface area is 184 Å². The van der Waals surface area contributed by atoms with Crippen LogP contribution in [0.2, 0.25) is 0 Å². The molecule has 0 bridgehead atoms. The molecule has 0 atom stereocenters. The van der Waals surface area contributed by atoms with Crippen molar-refractivity contribution in [2.75, 3.05) is 13.2 Å². The summed E-state index contributed by atoms with van der Waals surface area (Å²) >= 11 is 0. The standard InChI is InChI=1S/C20H31N5O2.HI/c1-5-7-8-11-26-18-12-15(3)9-10-17(18)13-22-20(21-6-2)23-14-19-24-16(4)27-25-19;/h9-10,12H,5-8,11,13-14H2,1-4H3,(H2,21,22,23);1H. The van der Waals surface area contributed by atoms with Gasteiger partial charge in [-0.2, -0.15) is 4.98 Å². The van der Waals surface area contributed by atoms with Gasteiger partial charge in [0, 0.05) is 19.0 Å². The Kier molecular flexibility index (Phi) is 11.5. The predicted molar refractivity (Wildman–Crippen MR) is 122 cm³/mol. The lowest BCUT2D eigenvalue weighted by molar-refractivity contribution is 0.303. The van der Waals surface area contributed by atoms with E-state index in [-0.39, 0.29) is 24.0 Å². The van der Waals surface area contributed by atoms with Crippen LogP contribution in [0.5, 0.6) is 5.75 Å². The van der Waals surface area contributed by atoms with E-state index in [2.05, 4.69) is 57.8 Å². The molecular formula is C20H32IN5O2. The second-order valence-corrected chi connectivity index (χ2v) is 6.45. The number of unbranched alkanes of at least 4 members (excludes halogenated alkanes) is 2. The molecular weight excluding hydrogens is 469 g/mol. The van der Waals surface area contributed by atoms with Crippen LogP contribution in [0.25, 0.3) is 0 Å². The molecule has 0 saturated heterocycles. The minimum atomic E-state index is 0. The predicted octanol–water partition coefficient (Wildman–Crippen LogP) is 4.13. The van der Waals surface area contributed by atoms with Crippen LogP contribution in [0.1, 0.15) is 56.0 Å². The Hall–Kier alpha value is -1.84. The van der Waals surface area contributed by atoms with Crippen molar-refractivity contribution in [2.24, 2.45) is 4.99 Å². The summed E-state index contributed by atoms with van der Waals surface area (Å²) in [6, 6.07) is 6.26. The average molecular weight is 501 g/mol. The molecule has 7 nitrogen and oxygen atoms in total. The van der Waals surface area contributed by atoms with E-state index in [9.17, 15) is 0 Å². The lowest BCUT2D eigenvalue weighted by Crippen LogP contribution is -2.37. The van der Waals surface area contributed by atoms with Crippen LogP contribution in [0.3, 0.4) is 0 Å². The molecule has 156 valence electrons. The van der Waals surface area contributed by atoms with Crippen LogP contribution >= 0.6 is 24.0 Å². The molecule has 1 aromatic carbocycles. The monoisotopic (exact) mass is 501 g/mol. The van der Waals surface area contributed by atoms with E-state index >= 15 is 0 Å². The number of rotatable bonds is 10. The molecule has 2 aromatic rings. The summed E-state index contributed by atoms with van der Waals surface area (Å²) in [6.07, 6.45) is 3.44. The highest BCUT2D eigenvalue weighted by Crippen LogP contribution is 2.21. The van der Waals surface area contributed by atoms with Crippen molar-refractivity contribution in [2.45, 2.75) is 60.0 Å². The molecule has 0 spiro atoms. The average Bonchev–Trinajstić information content (AvgIpc) is 3.07. The molecule has 28 heavy (non-hydrogen) atoms. The van der Waals surface area contributed by atoms with Gasteiger partial charge in [0.25, 0.3) is 0 Å². The van der Waals surface area contributed by atoms with Crippen LogP contribution in [0.4, 0.5) is 0 Å². The molecule has 0 amide bonds. The van der Waals surface area contributed by atoms with E-state index in [0.717, 1.165) is 30.9 Å². The Morgan fingerprint density at radius 2 is 2.00 bits per heavy atom. The van der Waals surface area contributed by atoms with Gasteiger partial charge in [-0.05, 0) is 31.9 Å². The maximum Gasteiger partial charge on any atom is 0.223 e. The van der Waals surface area contributed by atoms with Gasteiger partial charge in [-0.1, -0.05) is 37.1 Å². The molecule has 0 saturated carbocycles. The van der Waals surface area contributed by atoms with E-state index in [0.29, 0.717) is 30.8 Å². The number of nitrogens with zero attached hydrogens (tertiary/aromatic N) is 3. The smallest absolute Gasteiger partial charge is 0.223 e. The number of hydrogen-bond donors (Lipinski definition) is 2. The molecule has 0 unspecified atom stereocenters. The third kappa shape index (κ3) is 8.45. The van der Waals surface area contributed by atoms with Crippen molar-refractivity contribution in [1.82, 2.24) is 20.8 Å². The van der Waals surface area contributed by atoms with Crippen molar-refractivity contribution >= 4 is 29.9 Å². The van der Waals surface area contributed by atoms with Crippen LogP contribution in [-0.4, -0.2) is 29.3 Å². The largest absolute Gasteiger partial charge is 0.493 e. The lowest BCUT2D eigenvalue weighted by atomic mass is 10.1. The van der Waals surface area contributed by atoms with Gasteiger partial charge in [-0.3, -0.25) is 0 Å². The van der Waals surface area contributed by atoms with Gasteiger partial charge in [0.15, 0.2) is 11.8 Å². The number of guanidine groups is 1. The molecule has 2 rings (SSSR count). The number of ether oxygens (including phenoxy) is 1. The SMILES string of the molecule is CCCCCOc1cc(C)ccc1CN=C(NCC)NCc1noc(C)n1.I. The van der Waals surface area contributed by atoms with E-state index < -0.39 is 0 Å². The highest BCUT2D eigenvalue weighted by atomic mass is 127. The topological polar surface area (TPSA) is 84.6 Å². The van der Waals surface area contributed by atoms with Gasteiger partial charge < -0.3 is 19.9 Å². The lowest BCUT2D eigenvalue weighted by Gasteiger charge is -2.13. The highest BCUT2D eigenvalue weighted by molar-refractivity contribution is 14.0. The van der Waals surface area contributed by atoms with Gasteiger partial charge >= 0.3 is 0 Å². The molecule has 2 N–H and O–H groups in total. The summed E-state index contributed by atoms with van der Waals surface area (Å²) in [5.41, 5.74) is 2.26. The van der Waals surface area contributed by atoms with Gasteiger partial charge in [0.2, 0.25) is 5.89 Å². The van der Waals surface area contributed by atoms with Gasteiger partial charge in [-0.25, -0.2) is 4.99 Å². The molecule has 0 fully saturated rings. The Morgan fingerprint density at radius 3 is 2.68 bits per heavy atom. The Balaban J connectivity index is 0.00000392. The van der Waals surface area contributed by atoms with Crippen LogP contribution in [0, 0.1) is 13.8 Å². The number of nitrogens with one attached hydrogen (secondary N) is 2. The number of aryl methyl sites for hydroxylation is 2. The van der Waals surface area contributed by atoms with Crippen molar-refractivity contribution in [3.8, 4) is 5.75 Å². The van der Waals surface area contributed by atoms with Gasteiger partial charge in [0.1, 0.15) is 5.75 Å². The number of halogens is 1. The van der Waals surface area contributed by atoms with Gasteiger partial charge in [0.05, 0.1) is 19.7 Å². The quantitative estimate of drug-likeness (QED) is 0.221. The second-order valence-electron chi connectivity index (χ2n) is 6.45.